The van der Waals surface area contributed by atoms with Crippen LogP contribution in [0, 0.1) is 11.3 Å². The Hall–Kier alpha value is -3.71. The molecule has 0 bridgehead atoms. The number of thiophene rings is 1. The standard InChI is InChI=1S/C21H20N4O5S/c1-3-9-25-19(26)13-8-6-5-7-12(13)16(24-25)20(27)30-11-15-14(10-22)18(23)31-17(15)21(28)29-4-2/h5-8H,3-4,9,11,23H2,1-2H3. The largest absolute Gasteiger partial charge is 0.462 e. The molecule has 0 unspecified atom stereocenters. The lowest BCUT2D eigenvalue weighted by Gasteiger charge is -2.11. The number of hydrogen-bond acceptors (Lipinski definition) is 9. The molecule has 0 spiro atoms. The van der Waals surface area contributed by atoms with Crippen molar-refractivity contribution in [3.05, 3.63) is 56.3 Å². The summed E-state index contributed by atoms with van der Waals surface area (Å²) in [5.41, 5.74) is 5.77. The van der Waals surface area contributed by atoms with Gasteiger partial charge in [0.05, 0.1) is 17.6 Å². The van der Waals surface area contributed by atoms with E-state index < -0.39 is 11.9 Å². The van der Waals surface area contributed by atoms with E-state index in [4.69, 9.17) is 15.2 Å². The molecule has 0 atom stereocenters. The van der Waals surface area contributed by atoms with E-state index >= 15 is 0 Å². The fourth-order valence-corrected chi connectivity index (χ4v) is 3.98. The second-order valence-electron chi connectivity index (χ2n) is 6.48. The van der Waals surface area contributed by atoms with Gasteiger partial charge in [-0.15, -0.1) is 11.3 Å². The van der Waals surface area contributed by atoms with Crippen LogP contribution in [0.3, 0.4) is 0 Å². The van der Waals surface area contributed by atoms with Crippen LogP contribution in [0.5, 0.6) is 0 Å². The maximum atomic E-state index is 12.9. The molecule has 3 rings (SSSR count). The Balaban J connectivity index is 1.98. The van der Waals surface area contributed by atoms with Gasteiger partial charge in [0.15, 0.2) is 5.69 Å². The van der Waals surface area contributed by atoms with Crippen molar-refractivity contribution in [2.75, 3.05) is 12.3 Å². The molecular weight excluding hydrogens is 420 g/mol. The normalized spacial score (nSPS) is 10.6. The summed E-state index contributed by atoms with van der Waals surface area (Å²) in [6, 6.07) is 8.56. The Labute approximate surface area is 181 Å². The number of aromatic nitrogens is 2. The van der Waals surface area contributed by atoms with Crippen LogP contribution in [0.15, 0.2) is 29.1 Å². The maximum Gasteiger partial charge on any atom is 0.359 e. The zero-order valence-corrected chi connectivity index (χ0v) is 17.8. The Morgan fingerprint density at radius 2 is 1.90 bits per heavy atom. The molecule has 2 N–H and O–H groups in total. The number of carbonyl (C=O) groups is 2. The van der Waals surface area contributed by atoms with Crippen molar-refractivity contribution in [2.45, 2.75) is 33.4 Å². The summed E-state index contributed by atoms with van der Waals surface area (Å²) in [4.78, 5) is 37.8. The molecule has 2 aromatic heterocycles. The van der Waals surface area contributed by atoms with Crippen LogP contribution < -0.4 is 11.3 Å². The fraction of sp³-hybridized carbons (Fsp3) is 0.286. The Bertz CT molecular complexity index is 1260. The van der Waals surface area contributed by atoms with Crippen molar-refractivity contribution in [2.24, 2.45) is 0 Å². The van der Waals surface area contributed by atoms with Crippen molar-refractivity contribution >= 4 is 39.0 Å². The molecule has 3 aromatic rings. The van der Waals surface area contributed by atoms with Crippen molar-refractivity contribution < 1.29 is 19.1 Å². The van der Waals surface area contributed by atoms with E-state index in [1.54, 1.807) is 31.2 Å². The number of fused-ring (bicyclic) bond motifs is 1. The molecule has 2 heterocycles. The first-order chi connectivity index (χ1) is 14.9. The summed E-state index contributed by atoms with van der Waals surface area (Å²) in [6.45, 7) is 3.67. The lowest BCUT2D eigenvalue weighted by Crippen LogP contribution is -2.26. The monoisotopic (exact) mass is 440 g/mol. The minimum absolute atomic E-state index is 0.0250. The summed E-state index contributed by atoms with van der Waals surface area (Å²) >= 11 is 0.903. The lowest BCUT2D eigenvalue weighted by atomic mass is 10.1. The third-order valence-electron chi connectivity index (χ3n) is 4.45. The lowest BCUT2D eigenvalue weighted by molar-refractivity contribution is 0.0446. The predicted molar refractivity (Wildman–Crippen MR) is 115 cm³/mol. The number of nitrogen functional groups attached to an aromatic ring is 1. The zero-order valence-electron chi connectivity index (χ0n) is 17.0. The Morgan fingerprint density at radius 3 is 2.55 bits per heavy atom. The fourth-order valence-electron chi connectivity index (χ4n) is 3.06. The zero-order chi connectivity index (χ0) is 22.5. The number of anilines is 1. The summed E-state index contributed by atoms with van der Waals surface area (Å²) < 4.78 is 11.6. The molecular formula is C21H20N4O5S. The number of nitrogens with zero attached hydrogens (tertiary/aromatic N) is 3. The number of rotatable bonds is 7. The van der Waals surface area contributed by atoms with Gasteiger partial charge in [-0.3, -0.25) is 4.79 Å². The van der Waals surface area contributed by atoms with Crippen molar-refractivity contribution in [3.8, 4) is 6.07 Å². The molecule has 0 aliphatic carbocycles. The molecule has 0 amide bonds. The van der Waals surface area contributed by atoms with Gasteiger partial charge < -0.3 is 15.2 Å². The van der Waals surface area contributed by atoms with Gasteiger partial charge in [-0.25, -0.2) is 14.3 Å². The highest BCUT2D eigenvalue weighted by Gasteiger charge is 2.25. The highest BCUT2D eigenvalue weighted by Crippen LogP contribution is 2.32. The van der Waals surface area contributed by atoms with Crippen LogP contribution in [0.25, 0.3) is 10.8 Å². The van der Waals surface area contributed by atoms with Gasteiger partial charge in [-0.2, -0.15) is 10.4 Å². The molecule has 0 saturated heterocycles. The minimum atomic E-state index is -0.787. The van der Waals surface area contributed by atoms with E-state index in [1.807, 2.05) is 13.0 Å². The summed E-state index contributed by atoms with van der Waals surface area (Å²) in [5, 5.41) is 14.4. The first-order valence-corrected chi connectivity index (χ1v) is 10.4. The number of hydrogen-bond donors (Lipinski definition) is 1. The first kappa shape index (κ1) is 22.0. The highest BCUT2D eigenvalue weighted by molar-refractivity contribution is 7.18. The van der Waals surface area contributed by atoms with Crippen LogP contribution in [0.4, 0.5) is 5.00 Å². The van der Waals surface area contributed by atoms with E-state index in [-0.39, 0.29) is 45.5 Å². The van der Waals surface area contributed by atoms with E-state index in [2.05, 4.69) is 5.10 Å². The van der Waals surface area contributed by atoms with Gasteiger partial charge >= 0.3 is 11.9 Å². The topological polar surface area (TPSA) is 137 Å². The molecule has 0 saturated carbocycles. The van der Waals surface area contributed by atoms with Crippen molar-refractivity contribution in [1.29, 1.82) is 5.26 Å². The van der Waals surface area contributed by atoms with E-state index in [0.717, 1.165) is 11.3 Å². The molecule has 10 heteroatoms. The molecule has 0 aliphatic heterocycles. The minimum Gasteiger partial charge on any atom is -0.462 e. The van der Waals surface area contributed by atoms with Crippen LogP contribution >= 0.6 is 11.3 Å². The number of ether oxygens (including phenoxy) is 2. The molecule has 31 heavy (non-hydrogen) atoms. The second-order valence-corrected chi connectivity index (χ2v) is 7.53. The number of benzene rings is 1. The molecule has 0 radical (unpaired) electrons. The highest BCUT2D eigenvalue weighted by atomic mass is 32.1. The number of aryl methyl sites for hydroxylation is 1. The maximum absolute atomic E-state index is 12.9. The van der Waals surface area contributed by atoms with Gasteiger partial charge in [0.25, 0.3) is 5.56 Å². The summed E-state index contributed by atoms with van der Waals surface area (Å²) in [7, 11) is 0. The summed E-state index contributed by atoms with van der Waals surface area (Å²) in [5.74, 6) is -1.43. The molecule has 160 valence electrons. The van der Waals surface area contributed by atoms with Gasteiger partial charge in [0.1, 0.15) is 22.6 Å². The second kappa shape index (κ2) is 9.40. The third-order valence-corrected chi connectivity index (χ3v) is 5.49. The van der Waals surface area contributed by atoms with Crippen molar-refractivity contribution in [3.63, 3.8) is 0 Å². The van der Waals surface area contributed by atoms with Crippen LogP contribution in [0.1, 0.15) is 51.6 Å². The van der Waals surface area contributed by atoms with Gasteiger partial charge in [0.2, 0.25) is 0 Å². The van der Waals surface area contributed by atoms with Crippen LogP contribution in [-0.4, -0.2) is 28.3 Å². The van der Waals surface area contributed by atoms with Crippen molar-refractivity contribution in [1.82, 2.24) is 9.78 Å². The molecule has 1 aromatic carbocycles. The molecule has 0 aliphatic rings. The number of nitrogens with two attached hydrogens (primary N) is 1. The average Bonchev–Trinajstić information content (AvgIpc) is 3.09. The van der Waals surface area contributed by atoms with Gasteiger partial charge in [-0.1, -0.05) is 25.1 Å². The van der Waals surface area contributed by atoms with E-state index in [0.29, 0.717) is 23.7 Å². The van der Waals surface area contributed by atoms with Crippen LogP contribution in [-0.2, 0) is 22.6 Å². The summed E-state index contributed by atoms with van der Waals surface area (Å²) in [6.07, 6.45) is 0.655. The molecule has 9 nitrogen and oxygen atoms in total. The van der Waals surface area contributed by atoms with E-state index in [1.165, 1.54) is 4.68 Å². The number of esters is 2. The van der Waals surface area contributed by atoms with Gasteiger partial charge in [0, 0.05) is 17.5 Å². The van der Waals surface area contributed by atoms with Gasteiger partial charge in [-0.05, 0) is 19.4 Å². The smallest absolute Gasteiger partial charge is 0.359 e. The number of nitriles is 1. The Morgan fingerprint density at radius 1 is 1.19 bits per heavy atom. The number of carbonyl (C=O) groups excluding carboxylic acids is 2. The quantitative estimate of drug-likeness (QED) is 0.554. The molecule has 0 fully saturated rings. The first-order valence-electron chi connectivity index (χ1n) is 9.58. The average molecular weight is 440 g/mol. The Kier molecular flexibility index (Phi) is 6.67. The third kappa shape index (κ3) is 4.27. The van der Waals surface area contributed by atoms with Crippen LogP contribution in [0.2, 0.25) is 0 Å². The van der Waals surface area contributed by atoms with E-state index in [9.17, 15) is 19.6 Å². The predicted octanol–water partition coefficient (Wildman–Crippen LogP) is 2.86. The SMILES string of the molecule is CCCn1nc(C(=O)OCc2c(C(=O)OCC)sc(N)c2C#N)c2ccccc2c1=O.